The summed E-state index contributed by atoms with van der Waals surface area (Å²) < 4.78 is 61.6. The van der Waals surface area contributed by atoms with Crippen molar-refractivity contribution >= 4 is 11.9 Å². The molecule has 9 nitrogen and oxygen atoms in total. The number of rotatable bonds is 5. The molecule has 34 heavy (non-hydrogen) atoms. The molecular formula is C21H14F4N4O5. The number of halogens is 4. The summed E-state index contributed by atoms with van der Waals surface area (Å²) in [7, 11) is 0. The second-order valence-electron chi connectivity index (χ2n) is 7.09. The fourth-order valence-corrected chi connectivity index (χ4v) is 3.52. The average molecular weight is 478 g/mol. The highest BCUT2D eigenvalue weighted by molar-refractivity contribution is 5.93. The van der Waals surface area contributed by atoms with E-state index >= 15 is 0 Å². The maximum absolute atomic E-state index is 14.6. The summed E-state index contributed by atoms with van der Waals surface area (Å²) in [6, 6.07) is 5.93. The van der Waals surface area contributed by atoms with E-state index in [1.807, 2.05) is 0 Å². The van der Waals surface area contributed by atoms with E-state index in [9.17, 15) is 27.2 Å². The molecule has 2 aromatic heterocycles. The number of carbonyl (C=O) groups excluding carboxylic acids is 1. The zero-order valence-electron chi connectivity index (χ0n) is 17.0. The summed E-state index contributed by atoms with van der Waals surface area (Å²) in [4.78, 5) is 35.7. The number of nitrogens with zero attached hydrogens (tertiary/aromatic N) is 3. The minimum Gasteiger partial charge on any atom is -0.491 e. The number of benzene rings is 1. The quantitative estimate of drug-likeness (QED) is 0.537. The molecule has 0 unspecified atom stereocenters. The third-order valence-corrected chi connectivity index (χ3v) is 4.99. The van der Waals surface area contributed by atoms with Crippen molar-refractivity contribution in [3.63, 3.8) is 0 Å². The summed E-state index contributed by atoms with van der Waals surface area (Å²) in [5.41, 5.74) is -1.88. The van der Waals surface area contributed by atoms with Crippen LogP contribution in [-0.2, 0) is 5.54 Å². The van der Waals surface area contributed by atoms with Gasteiger partial charge in [0, 0.05) is 12.6 Å². The number of hydrogen-bond acceptors (Lipinski definition) is 7. The van der Waals surface area contributed by atoms with E-state index in [0.29, 0.717) is 0 Å². The lowest BCUT2D eigenvalue weighted by atomic mass is 9.81. The number of amides is 1. The number of pyridine rings is 1. The Morgan fingerprint density at radius 2 is 1.85 bits per heavy atom. The Labute approximate surface area is 188 Å². The largest absolute Gasteiger partial charge is 0.573 e. The maximum Gasteiger partial charge on any atom is 0.573 e. The first-order valence-electron chi connectivity index (χ1n) is 9.61. The van der Waals surface area contributed by atoms with Gasteiger partial charge in [-0.05, 0) is 29.8 Å². The molecule has 1 aromatic carbocycles. The van der Waals surface area contributed by atoms with Gasteiger partial charge in [0.05, 0.1) is 19.0 Å². The highest BCUT2D eigenvalue weighted by atomic mass is 19.4. The molecule has 0 saturated heterocycles. The van der Waals surface area contributed by atoms with E-state index in [-0.39, 0.29) is 41.4 Å². The number of carboxylic acid groups (broad SMARTS) is 1. The molecule has 1 aliphatic heterocycles. The number of ether oxygens (including phenoxy) is 2. The summed E-state index contributed by atoms with van der Waals surface area (Å²) >= 11 is 0. The van der Waals surface area contributed by atoms with Crippen LogP contribution in [0.3, 0.4) is 0 Å². The number of alkyl halides is 3. The highest BCUT2D eigenvalue weighted by Gasteiger charge is 2.43. The Hall–Kier alpha value is -4.29. The van der Waals surface area contributed by atoms with Crippen LogP contribution in [0.25, 0.3) is 0 Å². The molecule has 0 fully saturated rings. The van der Waals surface area contributed by atoms with E-state index in [1.165, 1.54) is 12.3 Å². The lowest BCUT2D eigenvalue weighted by molar-refractivity contribution is -0.275. The Bertz CT molecular complexity index is 1250. The Morgan fingerprint density at radius 1 is 1.12 bits per heavy atom. The van der Waals surface area contributed by atoms with Crippen molar-refractivity contribution in [3.8, 4) is 11.5 Å². The molecular weight excluding hydrogens is 464 g/mol. The standard InChI is InChI=1S/C21H14F4N4O5/c22-12-8-11(3-4-15(12)34-21(23,24)25)20(5-7-33-16-2-1-6-26-17(16)20)29-18(30)13-9-28-14(10-27-13)19(31)32/h1-4,6,8-10H,5,7H2,(H,29,30)(H,31,32)/t20-/m0/s1. The van der Waals surface area contributed by atoms with Gasteiger partial charge in [0.15, 0.2) is 17.3 Å². The molecule has 176 valence electrons. The van der Waals surface area contributed by atoms with Crippen LogP contribution in [0.15, 0.2) is 48.9 Å². The van der Waals surface area contributed by atoms with E-state index in [4.69, 9.17) is 9.84 Å². The molecule has 3 heterocycles. The van der Waals surface area contributed by atoms with Gasteiger partial charge in [-0.25, -0.2) is 19.2 Å². The van der Waals surface area contributed by atoms with Crippen LogP contribution < -0.4 is 14.8 Å². The van der Waals surface area contributed by atoms with Crippen molar-refractivity contribution in [2.75, 3.05) is 6.61 Å². The average Bonchev–Trinajstić information content (AvgIpc) is 2.79. The lowest BCUT2D eigenvalue weighted by Gasteiger charge is -2.38. The van der Waals surface area contributed by atoms with Gasteiger partial charge in [0.25, 0.3) is 5.91 Å². The molecule has 2 N–H and O–H groups in total. The number of fused-ring (bicyclic) bond motifs is 1. The number of aromatic carboxylic acids is 1. The zero-order valence-corrected chi connectivity index (χ0v) is 17.0. The van der Waals surface area contributed by atoms with Crippen molar-refractivity contribution in [1.82, 2.24) is 20.3 Å². The molecule has 0 radical (unpaired) electrons. The molecule has 0 saturated carbocycles. The summed E-state index contributed by atoms with van der Waals surface area (Å²) in [5.74, 6) is -4.22. The number of carboxylic acids is 1. The van der Waals surface area contributed by atoms with Gasteiger partial charge in [-0.1, -0.05) is 6.07 Å². The summed E-state index contributed by atoms with van der Waals surface area (Å²) in [6.45, 7) is 0.0605. The number of carbonyl (C=O) groups is 2. The van der Waals surface area contributed by atoms with Gasteiger partial charge in [0.1, 0.15) is 22.7 Å². The monoisotopic (exact) mass is 478 g/mol. The normalized spacial score (nSPS) is 17.3. The van der Waals surface area contributed by atoms with Crippen molar-refractivity contribution < 1.29 is 41.7 Å². The predicted octanol–water partition coefficient (Wildman–Crippen LogP) is 3.06. The van der Waals surface area contributed by atoms with Gasteiger partial charge < -0.3 is 19.9 Å². The Morgan fingerprint density at radius 3 is 2.50 bits per heavy atom. The molecule has 1 amide bonds. The smallest absolute Gasteiger partial charge is 0.491 e. The third kappa shape index (κ3) is 4.44. The van der Waals surface area contributed by atoms with E-state index in [1.54, 1.807) is 12.1 Å². The Balaban J connectivity index is 1.78. The van der Waals surface area contributed by atoms with Crippen molar-refractivity contribution in [2.45, 2.75) is 18.3 Å². The number of nitrogens with one attached hydrogen (secondary N) is 1. The van der Waals surface area contributed by atoms with Crippen molar-refractivity contribution in [1.29, 1.82) is 0 Å². The molecule has 4 rings (SSSR count). The van der Waals surface area contributed by atoms with Gasteiger partial charge >= 0.3 is 12.3 Å². The summed E-state index contributed by atoms with van der Waals surface area (Å²) in [6.07, 6.45) is -1.80. The van der Waals surface area contributed by atoms with Crippen LogP contribution >= 0.6 is 0 Å². The van der Waals surface area contributed by atoms with Crippen LogP contribution in [-0.4, -0.2) is 44.9 Å². The second kappa shape index (κ2) is 8.57. The first-order valence-corrected chi connectivity index (χ1v) is 9.61. The minimum atomic E-state index is -5.10. The lowest BCUT2D eigenvalue weighted by Crippen LogP contribution is -2.50. The van der Waals surface area contributed by atoms with Crippen molar-refractivity contribution in [2.24, 2.45) is 0 Å². The predicted molar refractivity (Wildman–Crippen MR) is 105 cm³/mol. The van der Waals surface area contributed by atoms with Crippen molar-refractivity contribution in [3.05, 3.63) is 77.4 Å². The van der Waals surface area contributed by atoms with Crippen LogP contribution in [0, 0.1) is 5.82 Å². The molecule has 1 atom stereocenters. The SMILES string of the molecule is O=C(O)c1cnc(C(=O)N[C@]2(c3ccc(OC(F)(F)F)c(F)c3)CCOc3cccnc32)cn1. The van der Waals surface area contributed by atoms with Gasteiger partial charge in [0.2, 0.25) is 0 Å². The summed E-state index contributed by atoms with van der Waals surface area (Å²) in [5, 5.41) is 11.7. The number of hydrogen-bond donors (Lipinski definition) is 2. The van der Waals surface area contributed by atoms with Gasteiger partial charge in [-0.3, -0.25) is 9.78 Å². The Kier molecular flexibility index (Phi) is 5.77. The van der Waals surface area contributed by atoms with Crippen LogP contribution in [0.1, 0.15) is 38.7 Å². The number of aromatic nitrogens is 3. The maximum atomic E-state index is 14.6. The second-order valence-corrected chi connectivity index (χ2v) is 7.09. The fourth-order valence-electron chi connectivity index (χ4n) is 3.52. The molecule has 13 heteroatoms. The molecule has 3 aromatic rings. The van der Waals surface area contributed by atoms with E-state index in [0.717, 1.165) is 24.5 Å². The van der Waals surface area contributed by atoms with Crippen LogP contribution in [0.2, 0.25) is 0 Å². The first kappa shape index (κ1) is 22.9. The minimum absolute atomic E-state index is 0.0440. The highest BCUT2D eigenvalue weighted by Crippen LogP contribution is 2.42. The van der Waals surface area contributed by atoms with Crippen LogP contribution in [0.5, 0.6) is 11.5 Å². The van der Waals surface area contributed by atoms with E-state index < -0.39 is 35.3 Å². The van der Waals surface area contributed by atoms with E-state index in [2.05, 4.69) is 25.0 Å². The molecule has 1 aliphatic rings. The molecule has 0 spiro atoms. The first-order chi connectivity index (χ1) is 16.1. The zero-order chi connectivity index (χ0) is 24.5. The topological polar surface area (TPSA) is 124 Å². The molecule has 0 bridgehead atoms. The van der Waals surface area contributed by atoms with Gasteiger partial charge in [-0.2, -0.15) is 0 Å². The molecule has 0 aliphatic carbocycles. The third-order valence-electron chi connectivity index (χ3n) is 4.99. The fraction of sp³-hybridized carbons (Fsp3) is 0.190. The van der Waals surface area contributed by atoms with Gasteiger partial charge in [-0.15, -0.1) is 13.2 Å². The van der Waals surface area contributed by atoms with Crippen LogP contribution in [0.4, 0.5) is 17.6 Å².